The zero-order chi connectivity index (χ0) is 21.8. The molecule has 0 fully saturated rings. The van der Waals surface area contributed by atoms with Gasteiger partial charge in [0.2, 0.25) is 0 Å². The van der Waals surface area contributed by atoms with E-state index in [9.17, 15) is 4.79 Å². The van der Waals surface area contributed by atoms with Gasteiger partial charge < -0.3 is 0 Å². The van der Waals surface area contributed by atoms with Crippen molar-refractivity contribution >= 4 is 12.1 Å². The maximum Gasteiger partial charge on any atom is 0.291 e. The minimum absolute atomic E-state index is 0.305. The molecule has 4 rings (SSSR count). The molecule has 0 saturated heterocycles. The summed E-state index contributed by atoms with van der Waals surface area (Å²) in [6.07, 6.45) is 1.62. The highest BCUT2D eigenvalue weighted by molar-refractivity contribution is 5.94. The van der Waals surface area contributed by atoms with Gasteiger partial charge in [-0.1, -0.05) is 77.9 Å². The van der Waals surface area contributed by atoms with E-state index < -0.39 is 0 Å². The van der Waals surface area contributed by atoms with E-state index in [-0.39, 0.29) is 5.91 Å². The van der Waals surface area contributed by atoms with E-state index in [1.54, 1.807) is 12.3 Å². The van der Waals surface area contributed by atoms with Crippen LogP contribution in [0.4, 0.5) is 0 Å². The quantitative estimate of drug-likeness (QED) is 0.363. The van der Waals surface area contributed by atoms with E-state index in [0.717, 1.165) is 28.1 Å². The van der Waals surface area contributed by atoms with Gasteiger partial charge in [-0.05, 0) is 44.0 Å². The summed E-state index contributed by atoms with van der Waals surface area (Å²) < 4.78 is 1.82. The van der Waals surface area contributed by atoms with Crippen molar-refractivity contribution in [2.45, 2.75) is 20.8 Å². The van der Waals surface area contributed by atoms with E-state index in [1.165, 1.54) is 11.1 Å². The molecule has 4 aromatic rings. The largest absolute Gasteiger partial charge is 0.291 e. The van der Waals surface area contributed by atoms with Gasteiger partial charge in [0.15, 0.2) is 5.69 Å². The zero-order valence-corrected chi connectivity index (χ0v) is 17.8. The molecule has 1 heterocycles. The lowest BCUT2D eigenvalue weighted by Gasteiger charge is -2.10. The third-order valence-electron chi connectivity index (χ3n) is 5.09. The standard InChI is InChI=1S/C26H24N4O/c1-18-8-12-21(13-9-18)17-27-28-26(31)23-16-25(22-14-10-19(2)11-15-22)30(29-23)24-7-5-4-6-20(24)3/h4-17H,1-3H3,(H,28,31)/b27-17-. The average Bonchev–Trinajstić information content (AvgIpc) is 3.21. The molecule has 0 bridgehead atoms. The summed E-state index contributed by atoms with van der Waals surface area (Å²) in [6, 6.07) is 25.9. The van der Waals surface area contributed by atoms with Crippen LogP contribution in [0.2, 0.25) is 0 Å². The Morgan fingerprint density at radius 2 is 1.55 bits per heavy atom. The van der Waals surface area contributed by atoms with Crippen LogP contribution >= 0.6 is 0 Å². The van der Waals surface area contributed by atoms with Crippen molar-refractivity contribution < 1.29 is 4.79 Å². The molecule has 3 aromatic carbocycles. The Balaban J connectivity index is 1.65. The van der Waals surface area contributed by atoms with Crippen LogP contribution in [0.5, 0.6) is 0 Å². The number of para-hydroxylation sites is 1. The molecule has 0 aliphatic rings. The lowest BCUT2D eigenvalue weighted by Crippen LogP contribution is -2.18. The van der Waals surface area contributed by atoms with Crippen molar-refractivity contribution in [2.24, 2.45) is 5.10 Å². The molecule has 154 valence electrons. The third kappa shape index (κ3) is 4.61. The Kier molecular flexibility index (Phi) is 5.76. The molecule has 5 heteroatoms. The number of hydrazone groups is 1. The summed E-state index contributed by atoms with van der Waals surface area (Å²) >= 11 is 0. The van der Waals surface area contributed by atoms with Crippen molar-refractivity contribution in [3.63, 3.8) is 0 Å². The zero-order valence-electron chi connectivity index (χ0n) is 17.8. The maximum atomic E-state index is 12.8. The number of aryl methyl sites for hydroxylation is 3. The number of carbonyl (C=O) groups excluding carboxylic acids is 1. The molecule has 1 N–H and O–H groups in total. The first-order valence-corrected chi connectivity index (χ1v) is 10.1. The maximum absolute atomic E-state index is 12.8. The fourth-order valence-corrected chi connectivity index (χ4v) is 3.28. The molecule has 0 aliphatic heterocycles. The van der Waals surface area contributed by atoms with Crippen molar-refractivity contribution in [1.29, 1.82) is 0 Å². The van der Waals surface area contributed by atoms with E-state index in [0.29, 0.717) is 5.69 Å². The highest BCUT2D eigenvalue weighted by Crippen LogP contribution is 2.26. The van der Waals surface area contributed by atoms with E-state index in [4.69, 9.17) is 0 Å². The number of hydrogen-bond donors (Lipinski definition) is 1. The number of nitrogens with zero attached hydrogens (tertiary/aromatic N) is 3. The molecular formula is C26H24N4O. The first-order valence-electron chi connectivity index (χ1n) is 10.1. The second-order valence-corrected chi connectivity index (χ2v) is 7.59. The fraction of sp³-hybridized carbons (Fsp3) is 0.115. The van der Waals surface area contributed by atoms with E-state index in [1.807, 2.05) is 86.1 Å². The molecule has 1 amide bonds. The summed E-state index contributed by atoms with van der Waals surface area (Å²) in [5.74, 6) is -0.357. The predicted octanol–water partition coefficient (Wildman–Crippen LogP) is 5.23. The van der Waals surface area contributed by atoms with Crippen molar-refractivity contribution in [3.05, 3.63) is 107 Å². The second-order valence-electron chi connectivity index (χ2n) is 7.59. The molecule has 5 nitrogen and oxygen atoms in total. The van der Waals surface area contributed by atoms with Gasteiger partial charge >= 0.3 is 0 Å². The van der Waals surface area contributed by atoms with E-state index in [2.05, 4.69) is 27.8 Å². The Morgan fingerprint density at radius 1 is 0.903 bits per heavy atom. The minimum Gasteiger partial charge on any atom is -0.265 e. The van der Waals surface area contributed by atoms with Crippen LogP contribution in [0.25, 0.3) is 16.9 Å². The lowest BCUT2D eigenvalue weighted by atomic mass is 10.1. The van der Waals surface area contributed by atoms with Crippen molar-refractivity contribution in [2.75, 3.05) is 0 Å². The number of amides is 1. The molecule has 0 spiro atoms. The van der Waals surface area contributed by atoms with Crippen LogP contribution in [0.3, 0.4) is 0 Å². The average molecular weight is 409 g/mol. The lowest BCUT2D eigenvalue weighted by molar-refractivity contribution is 0.0949. The first kappa shape index (κ1) is 20.3. The molecule has 0 atom stereocenters. The van der Waals surface area contributed by atoms with Crippen molar-refractivity contribution in [3.8, 4) is 16.9 Å². The molecule has 0 saturated carbocycles. The number of aromatic nitrogens is 2. The van der Waals surface area contributed by atoms with E-state index >= 15 is 0 Å². The third-order valence-corrected chi connectivity index (χ3v) is 5.09. The monoisotopic (exact) mass is 408 g/mol. The molecule has 0 unspecified atom stereocenters. The van der Waals surface area contributed by atoms with Gasteiger partial charge in [-0.25, -0.2) is 10.1 Å². The van der Waals surface area contributed by atoms with Gasteiger partial charge in [-0.15, -0.1) is 0 Å². The highest BCUT2D eigenvalue weighted by atomic mass is 16.2. The number of carbonyl (C=O) groups is 1. The molecule has 31 heavy (non-hydrogen) atoms. The van der Waals surface area contributed by atoms with Gasteiger partial charge in [-0.2, -0.15) is 10.2 Å². The first-order chi connectivity index (χ1) is 15.0. The molecule has 1 aromatic heterocycles. The van der Waals surface area contributed by atoms with Crippen LogP contribution in [0.15, 0.2) is 84.0 Å². The Bertz CT molecular complexity index is 1240. The van der Waals surface area contributed by atoms with Crippen LogP contribution in [-0.4, -0.2) is 21.9 Å². The van der Waals surface area contributed by atoms with Gasteiger partial charge in [0, 0.05) is 5.56 Å². The van der Waals surface area contributed by atoms with Crippen LogP contribution in [-0.2, 0) is 0 Å². The summed E-state index contributed by atoms with van der Waals surface area (Å²) in [6.45, 7) is 6.11. The minimum atomic E-state index is -0.357. The summed E-state index contributed by atoms with van der Waals surface area (Å²) in [7, 11) is 0. The number of nitrogens with one attached hydrogen (secondary N) is 1. The summed E-state index contributed by atoms with van der Waals surface area (Å²) in [4.78, 5) is 12.8. The normalized spacial score (nSPS) is 11.1. The Morgan fingerprint density at radius 3 is 2.23 bits per heavy atom. The van der Waals surface area contributed by atoms with Gasteiger partial charge in [-0.3, -0.25) is 4.79 Å². The number of hydrogen-bond acceptors (Lipinski definition) is 3. The highest BCUT2D eigenvalue weighted by Gasteiger charge is 2.17. The van der Waals surface area contributed by atoms with Crippen LogP contribution in [0.1, 0.15) is 32.7 Å². The molecular weight excluding hydrogens is 384 g/mol. The fourth-order valence-electron chi connectivity index (χ4n) is 3.28. The summed E-state index contributed by atoms with van der Waals surface area (Å²) in [5.41, 5.74) is 9.99. The Labute approximate surface area is 182 Å². The smallest absolute Gasteiger partial charge is 0.265 e. The van der Waals surface area contributed by atoms with Crippen LogP contribution in [0, 0.1) is 20.8 Å². The van der Waals surface area contributed by atoms with Gasteiger partial charge in [0.25, 0.3) is 5.91 Å². The van der Waals surface area contributed by atoms with Crippen LogP contribution < -0.4 is 5.43 Å². The predicted molar refractivity (Wildman–Crippen MR) is 125 cm³/mol. The summed E-state index contributed by atoms with van der Waals surface area (Å²) in [5, 5.41) is 8.70. The van der Waals surface area contributed by atoms with Crippen molar-refractivity contribution in [1.82, 2.24) is 15.2 Å². The SMILES string of the molecule is Cc1ccc(/C=N\NC(=O)c2cc(-c3ccc(C)cc3)n(-c3ccccc3C)n2)cc1. The number of rotatable bonds is 5. The second kappa shape index (κ2) is 8.79. The van der Waals surface area contributed by atoms with Gasteiger partial charge in [0.1, 0.15) is 0 Å². The van der Waals surface area contributed by atoms with Gasteiger partial charge in [0.05, 0.1) is 17.6 Å². The number of benzene rings is 3. The molecule has 0 aliphatic carbocycles. The molecule has 0 radical (unpaired) electrons. The topological polar surface area (TPSA) is 59.3 Å². The Hall–Kier alpha value is -3.99.